The first kappa shape index (κ1) is 49.3. The van der Waals surface area contributed by atoms with Crippen molar-refractivity contribution in [2.45, 2.75) is 39.1 Å². The Morgan fingerprint density at radius 3 is 1.32 bits per heavy atom. The van der Waals surface area contributed by atoms with Gasteiger partial charge in [-0.2, -0.15) is 0 Å². The molecular formula is C54H51F3N6O6. The van der Waals surface area contributed by atoms with Crippen LogP contribution in [0.4, 0.5) is 13.2 Å². The number of hydrogen-bond donors (Lipinski definition) is 3. The molecular weight excluding hydrogens is 886 g/mol. The summed E-state index contributed by atoms with van der Waals surface area (Å²) in [6.45, 7) is 3.23. The fourth-order valence-electron chi connectivity index (χ4n) is 6.79. The number of alkyl halides is 3. The molecule has 69 heavy (non-hydrogen) atoms. The minimum atomic E-state index is -1.10. The van der Waals surface area contributed by atoms with Crippen molar-refractivity contribution in [1.29, 1.82) is 0 Å². The number of hydrogen-bond acceptors (Lipinski definition) is 12. The summed E-state index contributed by atoms with van der Waals surface area (Å²) >= 11 is 0. The highest BCUT2D eigenvalue weighted by Crippen LogP contribution is 2.27. The second kappa shape index (κ2) is 23.9. The number of aryl methyl sites for hydroxylation is 3. The van der Waals surface area contributed by atoms with Crippen molar-refractivity contribution in [2.24, 2.45) is 0 Å². The molecule has 0 saturated heterocycles. The van der Waals surface area contributed by atoms with Crippen molar-refractivity contribution in [3.63, 3.8) is 0 Å². The summed E-state index contributed by atoms with van der Waals surface area (Å²) in [5, 5.41) is 30.4. The van der Waals surface area contributed by atoms with Crippen LogP contribution in [-0.4, -0.2) is 103 Å². The van der Waals surface area contributed by atoms with Gasteiger partial charge in [-0.1, -0.05) is 18.2 Å². The maximum absolute atomic E-state index is 12.2. The normalized spacial score (nSPS) is 12.3. The van der Waals surface area contributed by atoms with Gasteiger partial charge in [0.25, 0.3) is 0 Å². The van der Waals surface area contributed by atoms with Gasteiger partial charge >= 0.3 is 0 Å². The van der Waals surface area contributed by atoms with E-state index < -0.39 is 38.3 Å². The summed E-state index contributed by atoms with van der Waals surface area (Å²) < 4.78 is 52.8. The van der Waals surface area contributed by atoms with Crippen LogP contribution in [0.5, 0.6) is 17.2 Å². The van der Waals surface area contributed by atoms with Gasteiger partial charge in [-0.15, -0.1) is 0 Å². The van der Waals surface area contributed by atoms with Gasteiger partial charge < -0.3 is 29.5 Å². The first-order valence-corrected chi connectivity index (χ1v) is 22.1. The molecule has 9 aromatic rings. The fraction of sp³-hybridized carbons (Fsp3) is 0.222. The van der Waals surface area contributed by atoms with E-state index in [1.165, 1.54) is 0 Å². The second-order valence-electron chi connectivity index (χ2n) is 16.1. The highest BCUT2D eigenvalue weighted by atomic mass is 19.1. The van der Waals surface area contributed by atoms with Gasteiger partial charge in [0.1, 0.15) is 75.4 Å². The SMILES string of the molecule is Cc1cc(-c2ccc3cc(OC[C@H](O)CF)ccc3n2)ccn1.Cc1ccc(-c2ccc3cc(OC[C@H](O)CF)ccc3n2)cn1.Cc1cncc(-c2ccc3cc(OC[C@H](O)CF)ccc3n2)c1. The van der Waals surface area contributed by atoms with E-state index in [1.807, 2.05) is 124 Å². The Labute approximate surface area is 397 Å². The number of aliphatic hydroxyl groups excluding tert-OH is 3. The molecule has 0 aliphatic rings. The average molecular weight is 937 g/mol. The summed E-state index contributed by atoms with van der Waals surface area (Å²) in [4.78, 5) is 26.6. The molecule has 0 spiro atoms. The highest BCUT2D eigenvalue weighted by molar-refractivity contribution is 5.85. The minimum Gasteiger partial charge on any atom is -0.491 e. The quantitative estimate of drug-likeness (QED) is 0.0892. The molecule has 9 rings (SSSR count). The number of rotatable bonds is 15. The fourth-order valence-corrected chi connectivity index (χ4v) is 6.79. The molecule has 0 amide bonds. The van der Waals surface area contributed by atoms with Crippen molar-refractivity contribution in [3.8, 4) is 51.0 Å². The Balaban J connectivity index is 0.000000153. The van der Waals surface area contributed by atoms with Gasteiger partial charge in [0.05, 0.1) is 33.6 Å². The predicted molar refractivity (Wildman–Crippen MR) is 262 cm³/mol. The van der Waals surface area contributed by atoms with Crippen LogP contribution in [0.25, 0.3) is 66.5 Å². The molecule has 0 radical (unpaired) electrons. The van der Waals surface area contributed by atoms with E-state index >= 15 is 0 Å². The summed E-state index contributed by atoms with van der Waals surface area (Å²) in [5.41, 5.74) is 11.0. The molecule has 3 atom stereocenters. The van der Waals surface area contributed by atoms with Gasteiger partial charge in [0.15, 0.2) is 0 Å². The Morgan fingerprint density at radius 2 is 0.899 bits per heavy atom. The number of benzene rings is 3. The van der Waals surface area contributed by atoms with E-state index in [0.29, 0.717) is 17.2 Å². The first-order valence-electron chi connectivity index (χ1n) is 22.1. The van der Waals surface area contributed by atoms with E-state index in [1.54, 1.807) is 43.0 Å². The number of aliphatic hydroxyl groups is 3. The Kier molecular flexibility index (Phi) is 17.1. The lowest BCUT2D eigenvalue weighted by molar-refractivity contribution is 0.0842. The summed E-state index contributed by atoms with van der Waals surface area (Å²) in [7, 11) is 0. The molecule has 0 aliphatic heterocycles. The molecule has 3 aromatic carbocycles. The van der Waals surface area contributed by atoms with Crippen molar-refractivity contribution < 1.29 is 42.7 Å². The molecule has 0 bridgehead atoms. The van der Waals surface area contributed by atoms with Crippen molar-refractivity contribution in [3.05, 3.63) is 163 Å². The zero-order chi connectivity index (χ0) is 48.7. The minimum absolute atomic E-state index is 0.0657. The smallest absolute Gasteiger partial charge is 0.120 e. The highest BCUT2D eigenvalue weighted by Gasteiger charge is 2.10. The number of ether oxygens (including phenoxy) is 3. The molecule has 6 aromatic heterocycles. The van der Waals surface area contributed by atoms with E-state index in [-0.39, 0.29) is 19.8 Å². The second-order valence-corrected chi connectivity index (χ2v) is 16.1. The Morgan fingerprint density at radius 1 is 0.435 bits per heavy atom. The number of fused-ring (bicyclic) bond motifs is 3. The van der Waals surface area contributed by atoms with Crippen LogP contribution < -0.4 is 14.2 Å². The lowest BCUT2D eigenvalue weighted by Crippen LogP contribution is -2.19. The van der Waals surface area contributed by atoms with Crippen LogP contribution in [0.3, 0.4) is 0 Å². The average Bonchev–Trinajstić information content (AvgIpc) is 3.38. The van der Waals surface area contributed by atoms with Gasteiger partial charge in [-0.05, 0) is 129 Å². The number of nitrogens with zero attached hydrogens (tertiary/aromatic N) is 6. The maximum Gasteiger partial charge on any atom is 0.120 e. The van der Waals surface area contributed by atoms with Gasteiger partial charge in [-0.3, -0.25) is 15.0 Å². The molecule has 0 fully saturated rings. The third-order valence-electron chi connectivity index (χ3n) is 10.4. The van der Waals surface area contributed by atoms with Crippen LogP contribution in [0.15, 0.2) is 146 Å². The van der Waals surface area contributed by atoms with E-state index in [0.717, 1.165) is 83.4 Å². The zero-order valence-corrected chi connectivity index (χ0v) is 38.2. The van der Waals surface area contributed by atoms with Crippen molar-refractivity contribution in [2.75, 3.05) is 39.8 Å². The molecule has 0 unspecified atom stereocenters. The molecule has 15 heteroatoms. The summed E-state index contributed by atoms with van der Waals surface area (Å²) in [6.07, 6.45) is 3.88. The Bertz CT molecular complexity index is 2970. The number of halogens is 3. The van der Waals surface area contributed by atoms with E-state index in [2.05, 4.69) is 29.9 Å². The van der Waals surface area contributed by atoms with Crippen LogP contribution in [-0.2, 0) is 0 Å². The van der Waals surface area contributed by atoms with Crippen LogP contribution >= 0.6 is 0 Å². The molecule has 0 aliphatic carbocycles. The summed E-state index contributed by atoms with van der Waals surface area (Å²) in [6, 6.07) is 37.9. The Hall–Kier alpha value is -7.59. The molecule has 12 nitrogen and oxygen atoms in total. The van der Waals surface area contributed by atoms with E-state index in [4.69, 9.17) is 14.2 Å². The number of pyridine rings is 6. The third-order valence-corrected chi connectivity index (χ3v) is 10.4. The molecule has 3 N–H and O–H groups in total. The topological polar surface area (TPSA) is 166 Å². The first-order chi connectivity index (χ1) is 33.5. The van der Waals surface area contributed by atoms with Gasteiger partial charge in [0.2, 0.25) is 0 Å². The lowest BCUT2D eigenvalue weighted by Gasteiger charge is -2.10. The maximum atomic E-state index is 12.2. The third kappa shape index (κ3) is 14.0. The van der Waals surface area contributed by atoms with Crippen LogP contribution in [0, 0.1) is 20.8 Å². The van der Waals surface area contributed by atoms with Crippen LogP contribution in [0.1, 0.15) is 17.0 Å². The van der Waals surface area contributed by atoms with Gasteiger partial charge in [-0.25, -0.2) is 28.1 Å². The summed E-state index contributed by atoms with van der Waals surface area (Å²) in [5.74, 6) is 1.74. The zero-order valence-electron chi connectivity index (χ0n) is 38.2. The van der Waals surface area contributed by atoms with Crippen LogP contribution in [0.2, 0.25) is 0 Å². The molecule has 0 saturated carbocycles. The largest absolute Gasteiger partial charge is 0.491 e. The van der Waals surface area contributed by atoms with Crippen molar-refractivity contribution in [1.82, 2.24) is 29.9 Å². The number of aromatic nitrogens is 6. The molecule has 354 valence electrons. The van der Waals surface area contributed by atoms with E-state index in [9.17, 15) is 28.5 Å². The standard InChI is InChI=1S/3C18H17FN2O2/c1-12-6-14(10-20-9-12)18-4-2-13-7-16(3-5-17(13)21-18)23-11-15(22)8-19;1-12-8-14(6-7-20-12)17-4-2-13-9-16(3-5-18(13)21-17)23-11-15(22)10-19;1-12-2-3-14(10-20-12)18-6-4-13-8-16(5-7-17(13)21-18)23-11-15(22)9-19/h2-7,9-10,15,22H,8,11H2,1H3;2-9,15,22H,10-11H2,1H3;2-8,10,15,22H,9,11H2,1H3/t3*15-/m111/s1. The predicted octanol–water partition coefficient (Wildman–Crippen LogP) is 9.94. The van der Waals surface area contributed by atoms with Crippen molar-refractivity contribution >= 4 is 32.7 Å². The lowest BCUT2D eigenvalue weighted by atomic mass is 10.1. The van der Waals surface area contributed by atoms with Gasteiger partial charge in [0, 0.05) is 69.0 Å². The molecule has 6 heterocycles. The monoisotopic (exact) mass is 936 g/mol.